The summed E-state index contributed by atoms with van der Waals surface area (Å²) in [6.45, 7) is 4.72. The van der Waals surface area contributed by atoms with E-state index in [-0.39, 0.29) is 28.7 Å². The first-order chi connectivity index (χ1) is 14.2. The number of nitrogens with zero attached hydrogens (tertiary/aromatic N) is 2. The molecule has 162 valence electrons. The lowest BCUT2D eigenvalue weighted by atomic mass is 9.95. The van der Waals surface area contributed by atoms with Crippen LogP contribution in [0.4, 0.5) is 5.69 Å². The van der Waals surface area contributed by atoms with E-state index in [2.05, 4.69) is 5.32 Å². The Morgan fingerprint density at radius 2 is 1.77 bits per heavy atom. The lowest BCUT2D eigenvalue weighted by molar-refractivity contribution is -0.121. The quantitative estimate of drug-likeness (QED) is 0.733. The topological polar surface area (TPSA) is 86.8 Å². The van der Waals surface area contributed by atoms with Crippen molar-refractivity contribution in [2.24, 2.45) is 5.92 Å². The predicted molar refractivity (Wildman–Crippen MR) is 118 cm³/mol. The number of carbonyl (C=O) groups is 2. The van der Waals surface area contributed by atoms with Crippen LogP contribution in [0.3, 0.4) is 0 Å². The van der Waals surface area contributed by atoms with E-state index in [4.69, 9.17) is 0 Å². The van der Waals surface area contributed by atoms with Gasteiger partial charge in [-0.2, -0.15) is 4.31 Å². The summed E-state index contributed by atoms with van der Waals surface area (Å²) < 4.78 is 26.4. The van der Waals surface area contributed by atoms with Gasteiger partial charge in [0, 0.05) is 37.8 Å². The first kappa shape index (κ1) is 22.5. The van der Waals surface area contributed by atoms with Crippen molar-refractivity contribution in [2.45, 2.75) is 37.6 Å². The summed E-state index contributed by atoms with van der Waals surface area (Å²) >= 11 is 1.42. The fourth-order valence-electron chi connectivity index (χ4n) is 3.30. The van der Waals surface area contributed by atoms with Crippen LogP contribution in [0.1, 0.15) is 36.4 Å². The average molecular weight is 450 g/mol. The first-order valence-corrected chi connectivity index (χ1v) is 12.2. The van der Waals surface area contributed by atoms with Crippen molar-refractivity contribution in [3.05, 3.63) is 46.7 Å². The van der Waals surface area contributed by atoms with Gasteiger partial charge in [0.2, 0.25) is 15.9 Å². The number of piperidine rings is 1. The molecule has 2 heterocycles. The normalized spacial score (nSPS) is 15.6. The third kappa shape index (κ3) is 4.91. The summed E-state index contributed by atoms with van der Waals surface area (Å²) in [7, 11) is -2.01. The van der Waals surface area contributed by atoms with Gasteiger partial charge in [-0.1, -0.05) is 6.07 Å². The molecule has 0 aliphatic carbocycles. The molecule has 0 bridgehead atoms. The van der Waals surface area contributed by atoms with E-state index in [1.54, 1.807) is 24.1 Å². The van der Waals surface area contributed by atoms with E-state index < -0.39 is 10.0 Å². The molecule has 0 spiro atoms. The average Bonchev–Trinajstić information content (AvgIpc) is 3.28. The Balaban J connectivity index is 1.56. The van der Waals surface area contributed by atoms with Crippen LogP contribution in [0.2, 0.25) is 0 Å². The minimum atomic E-state index is -3.55. The number of hydrogen-bond acceptors (Lipinski definition) is 5. The maximum Gasteiger partial charge on any atom is 0.263 e. The van der Waals surface area contributed by atoms with Gasteiger partial charge in [0.05, 0.1) is 9.77 Å². The lowest BCUT2D eigenvalue weighted by Gasteiger charge is -2.31. The highest BCUT2D eigenvalue weighted by Gasteiger charge is 2.28. The Kier molecular flexibility index (Phi) is 6.95. The molecule has 2 aromatic rings. The standard InChI is InChI=1S/C21H27N3O4S2/c1-15(2)23(3)30(27,28)18-8-6-17(7-9-18)22-20(25)16-10-12-24(13-11-16)21(26)19-5-4-14-29-19/h4-9,14-16H,10-13H2,1-3H3,(H,22,25). The van der Waals surface area contributed by atoms with E-state index in [0.717, 1.165) is 4.88 Å². The number of benzene rings is 1. The Labute approximate surface area is 181 Å². The summed E-state index contributed by atoms with van der Waals surface area (Å²) in [5.41, 5.74) is 0.559. The van der Waals surface area contributed by atoms with Gasteiger partial charge >= 0.3 is 0 Å². The van der Waals surface area contributed by atoms with Crippen LogP contribution in [-0.2, 0) is 14.8 Å². The molecule has 30 heavy (non-hydrogen) atoms. The van der Waals surface area contributed by atoms with Gasteiger partial charge in [-0.3, -0.25) is 9.59 Å². The molecule has 0 atom stereocenters. The van der Waals surface area contributed by atoms with Crippen LogP contribution in [0, 0.1) is 5.92 Å². The highest BCUT2D eigenvalue weighted by Crippen LogP contribution is 2.23. The summed E-state index contributed by atoms with van der Waals surface area (Å²) in [5.74, 6) is -0.256. The number of amides is 2. The molecule has 0 radical (unpaired) electrons. The molecule has 1 fully saturated rings. The minimum Gasteiger partial charge on any atom is -0.338 e. The predicted octanol–water partition coefficient (Wildman–Crippen LogP) is 3.27. The molecular weight excluding hydrogens is 422 g/mol. The smallest absolute Gasteiger partial charge is 0.263 e. The number of nitrogens with one attached hydrogen (secondary N) is 1. The molecule has 7 nitrogen and oxygen atoms in total. The van der Waals surface area contributed by atoms with E-state index in [1.165, 1.54) is 27.8 Å². The van der Waals surface area contributed by atoms with E-state index in [9.17, 15) is 18.0 Å². The molecule has 9 heteroatoms. The molecule has 2 amide bonds. The summed E-state index contributed by atoms with van der Waals surface area (Å²) in [5, 5.41) is 4.74. The molecule has 1 aliphatic heterocycles. The number of sulfonamides is 1. The molecule has 1 aliphatic rings. The second-order valence-corrected chi connectivity index (χ2v) is 10.6. The van der Waals surface area contributed by atoms with Gasteiger partial charge in [0.1, 0.15) is 0 Å². The fraction of sp³-hybridized carbons (Fsp3) is 0.429. The molecule has 0 unspecified atom stereocenters. The third-order valence-electron chi connectivity index (χ3n) is 5.41. The minimum absolute atomic E-state index is 0.0204. The fourth-order valence-corrected chi connectivity index (χ4v) is 5.36. The maximum atomic E-state index is 12.6. The summed E-state index contributed by atoms with van der Waals surface area (Å²) in [6, 6.07) is 9.75. The van der Waals surface area contributed by atoms with Crippen molar-refractivity contribution in [3.8, 4) is 0 Å². The Hall–Kier alpha value is -2.23. The Morgan fingerprint density at radius 1 is 1.13 bits per heavy atom. The molecule has 1 saturated heterocycles. The molecule has 0 saturated carbocycles. The number of likely N-dealkylation sites (tertiary alicyclic amines) is 1. The van der Waals surface area contributed by atoms with Crippen LogP contribution in [-0.4, -0.2) is 55.6 Å². The van der Waals surface area contributed by atoms with E-state index in [0.29, 0.717) is 31.6 Å². The molecule has 1 aromatic carbocycles. The highest BCUT2D eigenvalue weighted by molar-refractivity contribution is 7.89. The van der Waals surface area contributed by atoms with Gasteiger partial charge < -0.3 is 10.2 Å². The van der Waals surface area contributed by atoms with Crippen LogP contribution in [0.25, 0.3) is 0 Å². The zero-order valence-electron chi connectivity index (χ0n) is 17.4. The van der Waals surface area contributed by atoms with Crippen molar-refractivity contribution >= 4 is 38.9 Å². The van der Waals surface area contributed by atoms with Gasteiger partial charge in [0.15, 0.2) is 0 Å². The molecule has 3 rings (SSSR count). The molecule has 1 N–H and O–H groups in total. The number of thiophene rings is 1. The van der Waals surface area contributed by atoms with Crippen LogP contribution in [0.5, 0.6) is 0 Å². The van der Waals surface area contributed by atoms with Crippen LogP contribution in [0.15, 0.2) is 46.7 Å². The molecular formula is C21H27N3O4S2. The second-order valence-electron chi connectivity index (χ2n) is 7.67. The largest absolute Gasteiger partial charge is 0.338 e. The zero-order chi connectivity index (χ0) is 21.9. The zero-order valence-corrected chi connectivity index (χ0v) is 19.0. The second kappa shape index (κ2) is 9.28. The Bertz CT molecular complexity index is 978. The van der Waals surface area contributed by atoms with Crippen LogP contribution < -0.4 is 5.32 Å². The van der Waals surface area contributed by atoms with E-state index in [1.807, 2.05) is 31.4 Å². The van der Waals surface area contributed by atoms with Crippen molar-refractivity contribution in [3.63, 3.8) is 0 Å². The van der Waals surface area contributed by atoms with Crippen molar-refractivity contribution in [1.82, 2.24) is 9.21 Å². The summed E-state index contributed by atoms with van der Waals surface area (Å²) in [4.78, 5) is 27.7. The van der Waals surface area contributed by atoms with Gasteiger partial charge in [-0.25, -0.2) is 8.42 Å². The maximum absolute atomic E-state index is 12.6. The first-order valence-electron chi connectivity index (χ1n) is 9.92. The third-order valence-corrected chi connectivity index (χ3v) is 8.32. The lowest BCUT2D eigenvalue weighted by Crippen LogP contribution is -2.41. The molecule has 1 aromatic heterocycles. The number of rotatable bonds is 6. The van der Waals surface area contributed by atoms with E-state index >= 15 is 0 Å². The van der Waals surface area contributed by atoms with Gasteiger partial charge in [-0.15, -0.1) is 11.3 Å². The van der Waals surface area contributed by atoms with Crippen molar-refractivity contribution in [2.75, 3.05) is 25.5 Å². The monoisotopic (exact) mass is 449 g/mol. The van der Waals surface area contributed by atoms with Crippen molar-refractivity contribution < 1.29 is 18.0 Å². The highest BCUT2D eigenvalue weighted by atomic mass is 32.2. The SMILES string of the molecule is CC(C)N(C)S(=O)(=O)c1ccc(NC(=O)C2CCN(C(=O)c3cccs3)CC2)cc1. The van der Waals surface area contributed by atoms with Gasteiger partial charge in [-0.05, 0) is 62.4 Å². The Morgan fingerprint density at radius 3 is 2.30 bits per heavy atom. The number of anilines is 1. The number of hydrogen-bond donors (Lipinski definition) is 1. The van der Waals surface area contributed by atoms with Crippen molar-refractivity contribution in [1.29, 1.82) is 0 Å². The number of carbonyl (C=O) groups excluding carboxylic acids is 2. The van der Waals surface area contributed by atoms with Crippen LogP contribution >= 0.6 is 11.3 Å². The summed E-state index contributed by atoms with van der Waals surface area (Å²) in [6.07, 6.45) is 1.21. The van der Waals surface area contributed by atoms with Gasteiger partial charge in [0.25, 0.3) is 5.91 Å².